The lowest BCUT2D eigenvalue weighted by molar-refractivity contribution is -0.121. The van der Waals surface area contributed by atoms with Crippen molar-refractivity contribution in [3.8, 4) is 0 Å². The van der Waals surface area contributed by atoms with Crippen LogP contribution < -0.4 is 10.2 Å². The Morgan fingerprint density at radius 1 is 1.20 bits per heavy atom. The highest BCUT2D eigenvalue weighted by molar-refractivity contribution is 5.75. The molecular formula is C18H25N5O2. The van der Waals surface area contributed by atoms with Crippen molar-refractivity contribution in [3.63, 3.8) is 0 Å². The second-order valence-corrected chi connectivity index (χ2v) is 6.38. The first-order valence-corrected chi connectivity index (χ1v) is 8.76. The van der Waals surface area contributed by atoms with Crippen molar-refractivity contribution in [3.05, 3.63) is 41.8 Å². The molecule has 0 saturated carbocycles. The monoisotopic (exact) mass is 343 g/mol. The lowest BCUT2D eigenvalue weighted by Gasteiger charge is -2.30. The molecule has 25 heavy (non-hydrogen) atoms. The lowest BCUT2D eigenvalue weighted by Crippen LogP contribution is -2.44. The molecular weight excluding hydrogens is 318 g/mol. The molecule has 0 spiro atoms. The van der Waals surface area contributed by atoms with Gasteiger partial charge in [0.1, 0.15) is 6.04 Å². The highest BCUT2D eigenvalue weighted by atomic mass is 16.4. The van der Waals surface area contributed by atoms with Crippen LogP contribution in [-0.4, -0.2) is 54.2 Å². The maximum absolute atomic E-state index is 11.9. The van der Waals surface area contributed by atoms with E-state index < -0.39 is 0 Å². The van der Waals surface area contributed by atoms with E-state index in [9.17, 15) is 4.79 Å². The van der Waals surface area contributed by atoms with Crippen LogP contribution >= 0.6 is 0 Å². The van der Waals surface area contributed by atoms with Crippen molar-refractivity contribution in [2.75, 3.05) is 38.1 Å². The van der Waals surface area contributed by atoms with E-state index in [0.717, 1.165) is 31.7 Å². The number of nitrogens with one attached hydrogen (secondary N) is 1. The van der Waals surface area contributed by atoms with Crippen LogP contribution in [0.15, 0.2) is 34.7 Å². The predicted octanol–water partition coefficient (Wildman–Crippen LogP) is 1.63. The predicted molar refractivity (Wildman–Crippen MR) is 95.3 cm³/mol. The normalized spacial score (nSPS) is 16.6. The fourth-order valence-corrected chi connectivity index (χ4v) is 2.84. The Morgan fingerprint density at radius 3 is 2.60 bits per heavy atom. The van der Waals surface area contributed by atoms with E-state index in [-0.39, 0.29) is 11.9 Å². The number of benzene rings is 1. The number of amides is 1. The van der Waals surface area contributed by atoms with Crippen LogP contribution in [0.25, 0.3) is 0 Å². The molecule has 0 unspecified atom stereocenters. The van der Waals surface area contributed by atoms with Gasteiger partial charge in [0, 0.05) is 39.0 Å². The van der Waals surface area contributed by atoms with E-state index >= 15 is 0 Å². The van der Waals surface area contributed by atoms with Gasteiger partial charge in [0.15, 0.2) is 0 Å². The molecule has 1 N–H and O–H groups in total. The Kier molecular flexibility index (Phi) is 5.65. The number of carbonyl (C=O) groups is 1. The first kappa shape index (κ1) is 17.4. The van der Waals surface area contributed by atoms with E-state index in [0.29, 0.717) is 24.7 Å². The minimum absolute atomic E-state index is 0.0275. The maximum Gasteiger partial charge on any atom is 0.318 e. The third-order valence-corrected chi connectivity index (χ3v) is 4.44. The Balaban J connectivity index is 1.75. The van der Waals surface area contributed by atoms with Gasteiger partial charge in [-0.1, -0.05) is 42.4 Å². The third kappa shape index (κ3) is 4.57. The summed E-state index contributed by atoms with van der Waals surface area (Å²) in [6.07, 6.45) is 1.04. The summed E-state index contributed by atoms with van der Waals surface area (Å²) in [5.41, 5.74) is 1.11. The summed E-state index contributed by atoms with van der Waals surface area (Å²) in [7, 11) is 2.10. The van der Waals surface area contributed by atoms with Crippen LogP contribution in [0.3, 0.4) is 0 Å². The van der Waals surface area contributed by atoms with E-state index in [1.54, 1.807) is 0 Å². The molecule has 3 rings (SSSR count). The standard InChI is InChI=1S/C18H25N5O2/c1-3-16(24)19-15(13-14-7-5-4-6-8-14)17-20-21-18(25-17)23-11-9-22(2)10-12-23/h4-8,15H,3,9-13H2,1-2H3,(H,19,24)/t15-/m1/s1. The second kappa shape index (κ2) is 8.11. The SMILES string of the molecule is CCC(=O)N[C@H](Cc1ccccc1)c1nnc(N2CCN(C)CC2)o1. The van der Waals surface area contributed by atoms with Crippen LogP contribution in [0, 0.1) is 0 Å². The van der Waals surface area contributed by atoms with Gasteiger partial charge in [0.05, 0.1) is 0 Å². The molecule has 2 heterocycles. The molecule has 1 amide bonds. The molecule has 7 nitrogen and oxygen atoms in total. The molecule has 1 saturated heterocycles. The van der Waals surface area contributed by atoms with Crippen molar-refractivity contribution >= 4 is 11.9 Å². The van der Waals surface area contributed by atoms with Gasteiger partial charge in [-0.05, 0) is 12.6 Å². The van der Waals surface area contributed by atoms with Crippen molar-refractivity contribution in [1.82, 2.24) is 20.4 Å². The van der Waals surface area contributed by atoms with Gasteiger partial charge in [-0.25, -0.2) is 0 Å². The zero-order valence-electron chi connectivity index (χ0n) is 14.8. The smallest absolute Gasteiger partial charge is 0.318 e. The highest BCUT2D eigenvalue weighted by Crippen LogP contribution is 2.22. The fraction of sp³-hybridized carbons (Fsp3) is 0.500. The summed E-state index contributed by atoms with van der Waals surface area (Å²) in [5.74, 6) is 0.430. The van der Waals surface area contributed by atoms with Crippen LogP contribution in [0.1, 0.15) is 30.8 Å². The van der Waals surface area contributed by atoms with Crippen LogP contribution in [0.5, 0.6) is 0 Å². The van der Waals surface area contributed by atoms with Crippen molar-refractivity contribution in [1.29, 1.82) is 0 Å². The molecule has 1 aromatic heterocycles. The van der Waals surface area contributed by atoms with Crippen LogP contribution in [0.2, 0.25) is 0 Å². The minimum atomic E-state index is -0.316. The number of carbonyl (C=O) groups excluding carboxylic acids is 1. The number of likely N-dealkylation sites (N-methyl/N-ethyl adjacent to an activating group) is 1. The number of aromatic nitrogens is 2. The molecule has 1 atom stereocenters. The molecule has 0 radical (unpaired) electrons. The number of hydrogen-bond donors (Lipinski definition) is 1. The zero-order chi connectivity index (χ0) is 17.6. The molecule has 2 aromatic rings. The highest BCUT2D eigenvalue weighted by Gasteiger charge is 2.24. The van der Waals surface area contributed by atoms with Gasteiger partial charge in [-0.3, -0.25) is 4.79 Å². The Labute approximate surface area is 148 Å². The van der Waals surface area contributed by atoms with Crippen LogP contribution in [-0.2, 0) is 11.2 Å². The average Bonchev–Trinajstić information content (AvgIpc) is 3.12. The topological polar surface area (TPSA) is 74.5 Å². The van der Waals surface area contributed by atoms with E-state index in [2.05, 4.69) is 32.4 Å². The Morgan fingerprint density at radius 2 is 1.92 bits per heavy atom. The largest absolute Gasteiger partial charge is 0.406 e. The second-order valence-electron chi connectivity index (χ2n) is 6.38. The minimum Gasteiger partial charge on any atom is -0.406 e. The molecule has 1 aliphatic rings. The Hall–Kier alpha value is -2.41. The summed E-state index contributed by atoms with van der Waals surface area (Å²) < 4.78 is 5.91. The molecule has 1 aliphatic heterocycles. The van der Waals surface area contributed by atoms with Gasteiger partial charge in [-0.2, -0.15) is 0 Å². The molecule has 134 valence electrons. The van der Waals surface area contributed by atoms with Gasteiger partial charge < -0.3 is 19.5 Å². The summed E-state index contributed by atoms with van der Waals surface area (Å²) in [5, 5.41) is 11.4. The van der Waals surface area contributed by atoms with Crippen molar-refractivity contribution < 1.29 is 9.21 Å². The van der Waals surface area contributed by atoms with Crippen molar-refractivity contribution in [2.24, 2.45) is 0 Å². The zero-order valence-corrected chi connectivity index (χ0v) is 14.8. The van der Waals surface area contributed by atoms with E-state index in [4.69, 9.17) is 4.42 Å². The summed E-state index contributed by atoms with van der Waals surface area (Å²) in [6.45, 7) is 5.50. The summed E-state index contributed by atoms with van der Waals surface area (Å²) in [6, 6.07) is 10.2. The molecule has 7 heteroatoms. The van der Waals surface area contributed by atoms with Gasteiger partial charge in [-0.15, -0.1) is 5.10 Å². The quantitative estimate of drug-likeness (QED) is 0.859. The maximum atomic E-state index is 11.9. The Bertz CT molecular complexity index is 680. The van der Waals surface area contributed by atoms with Crippen molar-refractivity contribution in [2.45, 2.75) is 25.8 Å². The van der Waals surface area contributed by atoms with E-state index in [1.807, 2.05) is 37.3 Å². The summed E-state index contributed by atoms with van der Waals surface area (Å²) in [4.78, 5) is 16.3. The number of piperazine rings is 1. The van der Waals surface area contributed by atoms with Gasteiger partial charge in [0.25, 0.3) is 0 Å². The first-order valence-electron chi connectivity index (χ1n) is 8.76. The number of nitrogens with zero attached hydrogens (tertiary/aromatic N) is 4. The molecule has 1 fully saturated rings. The lowest BCUT2D eigenvalue weighted by atomic mass is 10.1. The fourth-order valence-electron chi connectivity index (χ4n) is 2.84. The van der Waals surface area contributed by atoms with Gasteiger partial charge in [0.2, 0.25) is 11.8 Å². The molecule has 0 bridgehead atoms. The molecule has 0 aliphatic carbocycles. The number of hydrogen-bond acceptors (Lipinski definition) is 6. The van der Waals surface area contributed by atoms with Gasteiger partial charge >= 0.3 is 6.01 Å². The summed E-state index contributed by atoms with van der Waals surface area (Å²) >= 11 is 0. The first-order chi connectivity index (χ1) is 12.2. The molecule has 1 aromatic carbocycles. The van der Waals surface area contributed by atoms with Crippen LogP contribution in [0.4, 0.5) is 6.01 Å². The number of anilines is 1. The average molecular weight is 343 g/mol. The number of rotatable bonds is 6. The third-order valence-electron chi connectivity index (χ3n) is 4.44. The van der Waals surface area contributed by atoms with E-state index in [1.165, 1.54) is 0 Å².